The van der Waals surface area contributed by atoms with E-state index < -0.39 is 0 Å². The number of rotatable bonds is 4. The second-order valence-electron chi connectivity index (χ2n) is 3.75. The van der Waals surface area contributed by atoms with Gasteiger partial charge >= 0.3 is 0 Å². The molecular weight excluding hydrogens is 404 g/mol. The van der Waals surface area contributed by atoms with E-state index in [0.29, 0.717) is 11.8 Å². The first kappa shape index (κ1) is 13.0. The van der Waals surface area contributed by atoms with E-state index in [0.717, 1.165) is 28.4 Å². The Morgan fingerprint density at radius 1 is 1.21 bits per heavy atom. The molecule has 0 spiro atoms. The van der Waals surface area contributed by atoms with Crippen molar-refractivity contribution in [1.82, 2.24) is 4.90 Å². The molecule has 0 aliphatic heterocycles. The van der Waals surface area contributed by atoms with Crippen molar-refractivity contribution < 1.29 is 4.79 Å². The lowest BCUT2D eigenvalue weighted by Crippen LogP contribution is -2.37. The van der Waals surface area contributed by atoms with Crippen LogP contribution in [0.15, 0.2) is 0 Å². The molecule has 0 heterocycles. The summed E-state index contributed by atoms with van der Waals surface area (Å²) in [6.45, 7) is 0.916. The number of alkyl halides is 2. The normalized spacial score (nSPS) is 18.1. The molecule has 0 aromatic rings. The van der Waals surface area contributed by atoms with E-state index in [1.807, 2.05) is 4.90 Å². The van der Waals surface area contributed by atoms with E-state index in [9.17, 15) is 4.79 Å². The minimum absolute atomic E-state index is 0.335. The minimum atomic E-state index is 0.335. The lowest BCUT2D eigenvalue weighted by molar-refractivity contribution is -0.135. The van der Waals surface area contributed by atoms with Gasteiger partial charge in [0.15, 0.2) is 0 Å². The Morgan fingerprint density at radius 3 is 2.36 bits per heavy atom. The van der Waals surface area contributed by atoms with Gasteiger partial charge in [0.1, 0.15) is 0 Å². The average molecular weight is 421 g/mol. The largest absolute Gasteiger partial charge is 0.333 e. The summed E-state index contributed by atoms with van der Waals surface area (Å²) in [4.78, 5) is 14.0. The Balaban J connectivity index is 2.43. The first-order valence-corrected chi connectivity index (χ1v) is 8.25. The lowest BCUT2D eigenvalue weighted by atomic mass is 9.88. The maximum absolute atomic E-state index is 12.0. The van der Waals surface area contributed by atoms with Crippen molar-refractivity contribution in [2.45, 2.75) is 32.1 Å². The van der Waals surface area contributed by atoms with Gasteiger partial charge in [-0.15, -0.1) is 0 Å². The molecule has 2 nitrogen and oxygen atoms in total. The molecule has 4 heteroatoms. The standard InChI is InChI=1S/C10H17I2NO/c11-6-7-13(8-12)10(14)9-4-2-1-3-5-9/h9H,1-8H2. The number of hydrogen-bond acceptors (Lipinski definition) is 1. The van der Waals surface area contributed by atoms with Gasteiger partial charge in [0.2, 0.25) is 5.91 Å². The Labute approximate surface area is 113 Å². The highest BCUT2D eigenvalue weighted by molar-refractivity contribution is 14.1. The zero-order valence-electron chi connectivity index (χ0n) is 8.35. The van der Waals surface area contributed by atoms with Gasteiger partial charge in [-0.25, -0.2) is 0 Å². The molecule has 1 aliphatic carbocycles. The van der Waals surface area contributed by atoms with E-state index in [1.54, 1.807) is 0 Å². The summed E-state index contributed by atoms with van der Waals surface area (Å²) < 4.78 is 1.88. The third-order valence-corrected chi connectivity index (χ3v) is 4.07. The van der Waals surface area contributed by atoms with Gasteiger partial charge in [0.25, 0.3) is 0 Å². The molecule has 0 radical (unpaired) electrons. The summed E-state index contributed by atoms with van der Waals surface area (Å²) in [5.41, 5.74) is 0. The van der Waals surface area contributed by atoms with Crippen LogP contribution in [0.3, 0.4) is 0 Å². The van der Waals surface area contributed by atoms with Crippen molar-refractivity contribution in [3.05, 3.63) is 0 Å². The van der Waals surface area contributed by atoms with Gasteiger partial charge in [-0.2, -0.15) is 0 Å². The van der Waals surface area contributed by atoms with E-state index in [1.165, 1.54) is 19.3 Å². The quantitative estimate of drug-likeness (QED) is 0.388. The van der Waals surface area contributed by atoms with Crippen molar-refractivity contribution >= 4 is 51.1 Å². The molecule has 0 N–H and O–H groups in total. The van der Waals surface area contributed by atoms with Gasteiger partial charge in [-0.1, -0.05) is 64.4 Å². The van der Waals surface area contributed by atoms with E-state index >= 15 is 0 Å². The molecular formula is C10H17I2NO. The summed E-state index contributed by atoms with van der Waals surface area (Å²) >= 11 is 4.62. The highest BCUT2D eigenvalue weighted by atomic mass is 127. The van der Waals surface area contributed by atoms with Crippen LogP contribution in [0.1, 0.15) is 32.1 Å². The summed E-state index contributed by atoms with van der Waals surface area (Å²) in [7, 11) is 0. The number of nitrogens with zero attached hydrogens (tertiary/aromatic N) is 1. The smallest absolute Gasteiger partial charge is 0.226 e. The third kappa shape index (κ3) is 3.83. The zero-order chi connectivity index (χ0) is 10.4. The molecule has 82 valence electrons. The van der Waals surface area contributed by atoms with Gasteiger partial charge < -0.3 is 4.90 Å². The zero-order valence-corrected chi connectivity index (χ0v) is 12.7. The molecule has 1 aliphatic rings. The van der Waals surface area contributed by atoms with Crippen LogP contribution >= 0.6 is 45.2 Å². The van der Waals surface area contributed by atoms with Crippen molar-refractivity contribution in [2.75, 3.05) is 15.5 Å². The molecule has 14 heavy (non-hydrogen) atoms. The van der Waals surface area contributed by atoms with E-state index in [2.05, 4.69) is 45.2 Å². The topological polar surface area (TPSA) is 20.3 Å². The van der Waals surface area contributed by atoms with Gasteiger partial charge in [-0.3, -0.25) is 4.79 Å². The Bertz CT molecular complexity index is 174. The van der Waals surface area contributed by atoms with Gasteiger partial charge in [-0.05, 0) is 12.8 Å². The molecule has 1 amide bonds. The fourth-order valence-electron chi connectivity index (χ4n) is 1.94. The Hall–Kier alpha value is 0.930. The van der Waals surface area contributed by atoms with Crippen LogP contribution in [0.25, 0.3) is 0 Å². The molecule has 0 aromatic heterocycles. The molecule has 0 bridgehead atoms. The average Bonchev–Trinajstić information content (AvgIpc) is 2.26. The number of carbonyl (C=O) groups excluding carboxylic acids is 1. The second-order valence-corrected chi connectivity index (χ2v) is 5.51. The molecule has 1 saturated carbocycles. The molecule has 1 fully saturated rings. The molecule has 0 atom stereocenters. The monoisotopic (exact) mass is 421 g/mol. The van der Waals surface area contributed by atoms with Crippen molar-refractivity contribution in [1.29, 1.82) is 0 Å². The van der Waals surface area contributed by atoms with Crippen molar-refractivity contribution in [3.8, 4) is 0 Å². The first-order valence-electron chi connectivity index (χ1n) is 5.20. The van der Waals surface area contributed by atoms with Crippen LogP contribution in [-0.4, -0.2) is 26.3 Å². The number of hydrogen-bond donors (Lipinski definition) is 0. The number of carbonyl (C=O) groups is 1. The maximum Gasteiger partial charge on any atom is 0.226 e. The summed E-state index contributed by atoms with van der Waals surface area (Å²) in [6, 6.07) is 0. The van der Waals surface area contributed by atoms with Gasteiger partial charge in [0.05, 0.1) is 4.55 Å². The predicted octanol–water partition coefficient (Wildman–Crippen LogP) is 3.22. The molecule has 0 saturated heterocycles. The van der Waals surface area contributed by atoms with E-state index in [-0.39, 0.29) is 0 Å². The van der Waals surface area contributed by atoms with Gasteiger partial charge in [0, 0.05) is 16.9 Å². The van der Waals surface area contributed by atoms with Crippen LogP contribution in [-0.2, 0) is 4.79 Å². The highest BCUT2D eigenvalue weighted by Gasteiger charge is 2.24. The maximum atomic E-state index is 12.0. The fraction of sp³-hybridized carbons (Fsp3) is 0.900. The lowest BCUT2D eigenvalue weighted by Gasteiger charge is -2.27. The number of halogens is 2. The summed E-state index contributed by atoms with van der Waals surface area (Å²) in [5, 5.41) is 0. The molecule has 0 aromatic carbocycles. The first-order chi connectivity index (χ1) is 6.79. The summed E-state index contributed by atoms with van der Waals surface area (Å²) in [6.07, 6.45) is 6.05. The van der Waals surface area contributed by atoms with Crippen LogP contribution in [0.2, 0.25) is 0 Å². The van der Waals surface area contributed by atoms with Crippen LogP contribution in [0.5, 0.6) is 0 Å². The third-order valence-electron chi connectivity index (χ3n) is 2.76. The fourth-order valence-corrected chi connectivity index (χ4v) is 3.20. The number of amides is 1. The van der Waals surface area contributed by atoms with Crippen LogP contribution < -0.4 is 0 Å². The predicted molar refractivity (Wildman–Crippen MR) is 76.1 cm³/mol. The second kappa shape index (κ2) is 7.24. The molecule has 0 unspecified atom stereocenters. The minimum Gasteiger partial charge on any atom is -0.333 e. The Kier molecular flexibility index (Phi) is 6.73. The van der Waals surface area contributed by atoms with Crippen LogP contribution in [0, 0.1) is 5.92 Å². The van der Waals surface area contributed by atoms with Crippen LogP contribution in [0.4, 0.5) is 0 Å². The highest BCUT2D eigenvalue weighted by Crippen LogP contribution is 2.25. The Morgan fingerprint density at radius 2 is 1.86 bits per heavy atom. The van der Waals surface area contributed by atoms with Crippen molar-refractivity contribution in [3.63, 3.8) is 0 Å². The summed E-state index contributed by atoms with van der Waals surface area (Å²) in [5.74, 6) is 0.734. The SMILES string of the molecule is O=C(C1CCCCC1)N(CI)CCI. The van der Waals surface area contributed by atoms with E-state index in [4.69, 9.17) is 0 Å². The molecule has 1 rings (SSSR count). The van der Waals surface area contributed by atoms with Crippen molar-refractivity contribution in [2.24, 2.45) is 5.92 Å².